The zero-order chi connectivity index (χ0) is 17.2. The number of hydrogen-bond donors (Lipinski definition) is 3. The summed E-state index contributed by atoms with van der Waals surface area (Å²) in [7, 11) is 1.65. The van der Waals surface area contributed by atoms with E-state index >= 15 is 0 Å². The maximum Gasteiger partial charge on any atom is 0.315 e. The number of nitrogens with one attached hydrogen (secondary N) is 2. The maximum atomic E-state index is 11.8. The fourth-order valence-corrected chi connectivity index (χ4v) is 2.44. The fraction of sp³-hybridized carbons (Fsp3) is 0.316. The van der Waals surface area contributed by atoms with Gasteiger partial charge in [-0.05, 0) is 41.7 Å². The van der Waals surface area contributed by atoms with Crippen LogP contribution in [0.2, 0.25) is 0 Å². The average Bonchev–Trinajstić information content (AvgIpc) is 2.64. The quantitative estimate of drug-likeness (QED) is 0.652. The number of urea groups is 1. The Balaban J connectivity index is 1.68. The molecule has 0 saturated carbocycles. The van der Waals surface area contributed by atoms with Crippen molar-refractivity contribution in [2.45, 2.75) is 26.0 Å². The smallest absolute Gasteiger partial charge is 0.315 e. The van der Waals surface area contributed by atoms with Gasteiger partial charge in [-0.3, -0.25) is 0 Å². The molecule has 2 aromatic carbocycles. The van der Waals surface area contributed by atoms with Crippen LogP contribution in [-0.2, 0) is 19.6 Å². The van der Waals surface area contributed by atoms with E-state index in [0.29, 0.717) is 13.1 Å². The van der Waals surface area contributed by atoms with Gasteiger partial charge in [0.25, 0.3) is 0 Å². The Morgan fingerprint density at radius 2 is 1.88 bits per heavy atom. The lowest BCUT2D eigenvalue weighted by Gasteiger charge is -2.10. The molecule has 5 nitrogen and oxygen atoms in total. The lowest BCUT2D eigenvalue weighted by atomic mass is 10.1. The van der Waals surface area contributed by atoms with Gasteiger partial charge < -0.3 is 20.5 Å². The third-order valence-electron chi connectivity index (χ3n) is 3.79. The van der Waals surface area contributed by atoms with Gasteiger partial charge in [0, 0.05) is 13.1 Å². The van der Waals surface area contributed by atoms with Crippen molar-refractivity contribution in [3.63, 3.8) is 0 Å². The van der Waals surface area contributed by atoms with Crippen molar-refractivity contribution in [2.24, 2.45) is 0 Å². The van der Waals surface area contributed by atoms with Crippen LogP contribution >= 0.6 is 0 Å². The van der Waals surface area contributed by atoms with Crippen LogP contribution in [0.15, 0.2) is 48.5 Å². The van der Waals surface area contributed by atoms with Crippen molar-refractivity contribution in [3.05, 3.63) is 65.2 Å². The SMILES string of the molecule is COc1cccc(CCCNC(=O)NCc2ccccc2CO)c1. The molecule has 0 spiro atoms. The Morgan fingerprint density at radius 1 is 1.08 bits per heavy atom. The number of benzene rings is 2. The molecule has 2 rings (SSSR count). The normalized spacial score (nSPS) is 10.2. The van der Waals surface area contributed by atoms with E-state index in [0.717, 1.165) is 29.7 Å². The molecule has 128 valence electrons. The van der Waals surface area contributed by atoms with Crippen molar-refractivity contribution in [3.8, 4) is 5.75 Å². The van der Waals surface area contributed by atoms with Gasteiger partial charge in [0.15, 0.2) is 0 Å². The predicted molar refractivity (Wildman–Crippen MR) is 93.9 cm³/mol. The number of hydrogen-bond acceptors (Lipinski definition) is 3. The van der Waals surface area contributed by atoms with Crippen LogP contribution in [0.3, 0.4) is 0 Å². The first-order chi connectivity index (χ1) is 11.7. The van der Waals surface area contributed by atoms with Crippen molar-refractivity contribution in [1.82, 2.24) is 10.6 Å². The molecule has 0 aliphatic heterocycles. The molecule has 0 radical (unpaired) electrons. The largest absolute Gasteiger partial charge is 0.497 e. The molecule has 0 saturated heterocycles. The van der Waals surface area contributed by atoms with Gasteiger partial charge in [0.2, 0.25) is 0 Å². The summed E-state index contributed by atoms with van der Waals surface area (Å²) >= 11 is 0. The molecule has 0 atom stereocenters. The molecule has 0 aliphatic carbocycles. The summed E-state index contributed by atoms with van der Waals surface area (Å²) in [6.45, 7) is 0.975. The first-order valence-corrected chi connectivity index (χ1v) is 8.05. The van der Waals surface area contributed by atoms with Crippen LogP contribution in [0, 0.1) is 0 Å². The molecular formula is C19H24N2O3. The highest BCUT2D eigenvalue weighted by Crippen LogP contribution is 2.13. The molecule has 0 bridgehead atoms. The Labute approximate surface area is 142 Å². The molecule has 2 amide bonds. The van der Waals surface area contributed by atoms with Gasteiger partial charge in [-0.15, -0.1) is 0 Å². The van der Waals surface area contributed by atoms with Crippen LogP contribution in [0.5, 0.6) is 5.75 Å². The number of aryl methyl sites for hydroxylation is 1. The monoisotopic (exact) mass is 328 g/mol. The van der Waals surface area contributed by atoms with E-state index < -0.39 is 0 Å². The highest BCUT2D eigenvalue weighted by atomic mass is 16.5. The number of ether oxygens (including phenoxy) is 1. The van der Waals surface area contributed by atoms with E-state index in [2.05, 4.69) is 16.7 Å². The molecule has 0 aliphatic rings. The van der Waals surface area contributed by atoms with Crippen LogP contribution in [0.1, 0.15) is 23.1 Å². The molecule has 3 N–H and O–H groups in total. The lowest BCUT2D eigenvalue weighted by Crippen LogP contribution is -2.35. The second-order valence-electron chi connectivity index (χ2n) is 5.49. The molecule has 24 heavy (non-hydrogen) atoms. The summed E-state index contributed by atoms with van der Waals surface area (Å²) in [5.41, 5.74) is 2.94. The van der Waals surface area contributed by atoms with E-state index in [1.165, 1.54) is 5.56 Å². The van der Waals surface area contributed by atoms with Gasteiger partial charge in [0.1, 0.15) is 5.75 Å². The van der Waals surface area contributed by atoms with Gasteiger partial charge in [0.05, 0.1) is 13.7 Å². The van der Waals surface area contributed by atoms with Crippen molar-refractivity contribution in [2.75, 3.05) is 13.7 Å². The number of methoxy groups -OCH3 is 1. The topological polar surface area (TPSA) is 70.6 Å². The Kier molecular flexibility index (Phi) is 7.11. The Bertz CT molecular complexity index is 659. The standard InChI is InChI=1S/C19H24N2O3/c1-24-18-10-4-6-15(12-18)7-5-11-20-19(23)21-13-16-8-2-3-9-17(16)14-22/h2-4,6,8-10,12,22H,5,7,11,13-14H2,1H3,(H2,20,21,23). The summed E-state index contributed by atoms with van der Waals surface area (Å²) in [5, 5.41) is 14.9. The zero-order valence-corrected chi connectivity index (χ0v) is 13.9. The molecular weight excluding hydrogens is 304 g/mol. The lowest BCUT2D eigenvalue weighted by molar-refractivity contribution is 0.240. The summed E-state index contributed by atoms with van der Waals surface area (Å²) in [6.07, 6.45) is 1.73. The number of carbonyl (C=O) groups is 1. The average molecular weight is 328 g/mol. The molecule has 0 unspecified atom stereocenters. The van der Waals surface area contributed by atoms with E-state index in [4.69, 9.17) is 4.74 Å². The van der Waals surface area contributed by atoms with Crippen LogP contribution in [0.25, 0.3) is 0 Å². The van der Waals surface area contributed by atoms with Gasteiger partial charge >= 0.3 is 6.03 Å². The van der Waals surface area contributed by atoms with Crippen LogP contribution in [-0.4, -0.2) is 24.8 Å². The van der Waals surface area contributed by atoms with Crippen LogP contribution in [0.4, 0.5) is 4.79 Å². The molecule has 0 heterocycles. The summed E-state index contributed by atoms with van der Waals surface area (Å²) < 4.78 is 5.19. The molecule has 5 heteroatoms. The Morgan fingerprint density at radius 3 is 2.62 bits per heavy atom. The summed E-state index contributed by atoms with van der Waals surface area (Å²) in [5.74, 6) is 0.848. The zero-order valence-electron chi connectivity index (χ0n) is 13.9. The van der Waals surface area contributed by atoms with Gasteiger partial charge in [-0.2, -0.15) is 0 Å². The van der Waals surface area contributed by atoms with E-state index in [1.54, 1.807) is 7.11 Å². The fourth-order valence-electron chi connectivity index (χ4n) is 2.44. The highest BCUT2D eigenvalue weighted by Gasteiger charge is 2.04. The van der Waals surface area contributed by atoms with Crippen molar-refractivity contribution < 1.29 is 14.6 Å². The van der Waals surface area contributed by atoms with E-state index in [1.807, 2.05) is 42.5 Å². The maximum absolute atomic E-state index is 11.8. The first kappa shape index (κ1) is 17.8. The third kappa shape index (κ3) is 5.59. The third-order valence-corrected chi connectivity index (χ3v) is 3.79. The van der Waals surface area contributed by atoms with E-state index in [9.17, 15) is 9.90 Å². The number of carbonyl (C=O) groups excluding carboxylic acids is 1. The number of rotatable bonds is 8. The predicted octanol–water partition coefficient (Wildman–Crippen LogP) is 2.62. The minimum absolute atomic E-state index is 0.0278. The minimum atomic E-state index is -0.201. The summed E-state index contributed by atoms with van der Waals surface area (Å²) in [4.78, 5) is 11.8. The number of aliphatic hydroxyl groups is 1. The minimum Gasteiger partial charge on any atom is -0.497 e. The number of amides is 2. The van der Waals surface area contributed by atoms with Crippen molar-refractivity contribution in [1.29, 1.82) is 0 Å². The number of aliphatic hydroxyl groups excluding tert-OH is 1. The second kappa shape index (κ2) is 9.57. The molecule has 0 fully saturated rings. The second-order valence-corrected chi connectivity index (χ2v) is 5.49. The highest BCUT2D eigenvalue weighted by molar-refractivity contribution is 5.73. The molecule has 2 aromatic rings. The Hall–Kier alpha value is -2.53. The first-order valence-electron chi connectivity index (χ1n) is 8.05. The molecule has 0 aromatic heterocycles. The van der Waals surface area contributed by atoms with Gasteiger partial charge in [-0.25, -0.2) is 4.79 Å². The van der Waals surface area contributed by atoms with Gasteiger partial charge in [-0.1, -0.05) is 36.4 Å². The van der Waals surface area contributed by atoms with E-state index in [-0.39, 0.29) is 12.6 Å². The summed E-state index contributed by atoms with van der Waals surface area (Å²) in [6, 6.07) is 15.2. The van der Waals surface area contributed by atoms with Crippen molar-refractivity contribution >= 4 is 6.03 Å². The van der Waals surface area contributed by atoms with Crippen LogP contribution < -0.4 is 15.4 Å².